The normalized spacial score (nSPS) is 13.2. The second-order valence-electron chi connectivity index (χ2n) is 6.01. The molecule has 0 fully saturated rings. The third-order valence-electron chi connectivity index (χ3n) is 3.93. The van der Waals surface area contributed by atoms with Crippen LogP contribution in [0.5, 0.6) is 0 Å². The van der Waals surface area contributed by atoms with Crippen molar-refractivity contribution in [3.05, 3.63) is 63.9 Å². The SMILES string of the molecule is CC(Sc1nnnn1-c1cccc(F)c1)C(=O)NC(C)c1ccc(Cl)cc1Cl. The van der Waals surface area contributed by atoms with Gasteiger partial charge in [-0.05, 0) is 60.2 Å². The quantitative estimate of drug-likeness (QED) is 0.573. The van der Waals surface area contributed by atoms with Crippen molar-refractivity contribution in [2.24, 2.45) is 0 Å². The monoisotopic (exact) mass is 439 g/mol. The van der Waals surface area contributed by atoms with Gasteiger partial charge in [0.1, 0.15) is 5.82 Å². The van der Waals surface area contributed by atoms with E-state index in [1.165, 1.54) is 28.6 Å². The Kier molecular flexibility index (Phi) is 6.53. The molecule has 0 saturated carbocycles. The Hall–Kier alpha value is -2.16. The van der Waals surface area contributed by atoms with E-state index in [9.17, 15) is 9.18 Å². The maximum Gasteiger partial charge on any atom is 0.233 e. The molecule has 0 spiro atoms. The molecule has 0 aliphatic rings. The second kappa shape index (κ2) is 8.89. The number of hydrogen-bond acceptors (Lipinski definition) is 5. The van der Waals surface area contributed by atoms with Gasteiger partial charge in [-0.25, -0.2) is 4.39 Å². The first-order chi connectivity index (χ1) is 13.3. The molecule has 1 N–H and O–H groups in total. The molecule has 6 nitrogen and oxygen atoms in total. The molecule has 2 aromatic carbocycles. The Bertz CT molecular complexity index is 1000. The van der Waals surface area contributed by atoms with Crippen LogP contribution in [0, 0.1) is 5.82 Å². The number of benzene rings is 2. The Morgan fingerprint density at radius 1 is 1.21 bits per heavy atom. The molecule has 0 aliphatic heterocycles. The third kappa shape index (κ3) is 4.81. The lowest BCUT2D eigenvalue weighted by Gasteiger charge is -2.18. The Morgan fingerprint density at radius 2 is 2.00 bits per heavy atom. The zero-order valence-corrected chi connectivity index (χ0v) is 17.3. The minimum absolute atomic E-state index is 0.211. The molecular formula is C18H16Cl2FN5OS. The van der Waals surface area contributed by atoms with Crippen LogP contribution < -0.4 is 5.32 Å². The predicted molar refractivity (Wildman–Crippen MR) is 107 cm³/mol. The molecule has 2 atom stereocenters. The number of nitrogens with zero attached hydrogens (tertiary/aromatic N) is 4. The number of rotatable bonds is 6. The van der Waals surface area contributed by atoms with Gasteiger partial charge in [0.25, 0.3) is 0 Å². The molecule has 1 amide bonds. The van der Waals surface area contributed by atoms with Gasteiger partial charge < -0.3 is 5.32 Å². The van der Waals surface area contributed by atoms with Gasteiger partial charge in [0, 0.05) is 10.0 Å². The molecule has 146 valence electrons. The van der Waals surface area contributed by atoms with Crippen LogP contribution in [0.3, 0.4) is 0 Å². The molecule has 1 aromatic heterocycles. The number of halogens is 3. The average Bonchev–Trinajstić information content (AvgIpc) is 3.09. The summed E-state index contributed by atoms with van der Waals surface area (Å²) >= 11 is 13.3. The summed E-state index contributed by atoms with van der Waals surface area (Å²) < 4.78 is 14.9. The highest BCUT2D eigenvalue weighted by atomic mass is 35.5. The molecule has 0 aliphatic carbocycles. The number of nitrogens with one attached hydrogen (secondary N) is 1. The molecule has 28 heavy (non-hydrogen) atoms. The zero-order valence-electron chi connectivity index (χ0n) is 14.9. The van der Waals surface area contributed by atoms with E-state index in [0.717, 1.165) is 5.56 Å². The van der Waals surface area contributed by atoms with Crippen LogP contribution >= 0.6 is 35.0 Å². The maximum atomic E-state index is 13.5. The van der Waals surface area contributed by atoms with Crippen LogP contribution in [0.4, 0.5) is 4.39 Å². The van der Waals surface area contributed by atoms with Gasteiger partial charge in [0.05, 0.1) is 17.0 Å². The Balaban J connectivity index is 1.69. The summed E-state index contributed by atoms with van der Waals surface area (Å²) in [5, 5.41) is 15.2. The maximum absolute atomic E-state index is 13.5. The minimum atomic E-state index is -0.494. The summed E-state index contributed by atoms with van der Waals surface area (Å²) in [6.07, 6.45) is 0. The molecule has 0 saturated heterocycles. The lowest BCUT2D eigenvalue weighted by Crippen LogP contribution is -2.33. The Labute approximate surface area is 175 Å². The molecule has 0 radical (unpaired) electrons. The van der Waals surface area contributed by atoms with Crippen molar-refractivity contribution < 1.29 is 9.18 Å². The number of hydrogen-bond donors (Lipinski definition) is 1. The van der Waals surface area contributed by atoms with Gasteiger partial charge in [-0.3, -0.25) is 4.79 Å². The van der Waals surface area contributed by atoms with Crippen LogP contribution in [0.15, 0.2) is 47.6 Å². The van der Waals surface area contributed by atoms with E-state index in [-0.39, 0.29) is 11.9 Å². The zero-order chi connectivity index (χ0) is 20.3. The van der Waals surface area contributed by atoms with Crippen LogP contribution in [-0.2, 0) is 4.79 Å². The molecule has 3 rings (SSSR count). The van der Waals surface area contributed by atoms with Crippen molar-refractivity contribution >= 4 is 40.9 Å². The number of carbonyl (C=O) groups is 1. The van der Waals surface area contributed by atoms with Gasteiger partial charge in [-0.15, -0.1) is 5.10 Å². The van der Waals surface area contributed by atoms with Gasteiger partial charge in [0.2, 0.25) is 11.1 Å². The number of tetrazole rings is 1. The number of thioether (sulfide) groups is 1. The van der Waals surface area contributed by atoms with Gasteiger partial charge >= 0.3 is 0 Å². The average molecular weight is 440 g/mol. The lowest BCUT2D eigenvalue weighted by molar-refractivity contribution is -0.120. The van der Waals surface area contributed by atoms with Crippen LogP contribution in [-0.4, -0.2) is 31.4 Å². The molecule has 3 aromatic rings. The van der Waals surface area contributed by atoms with E-state index in [1.807, 2.05) is 6.92 Å². The predicted octanol–water partition coefficient (Wildman–Crippen LogP) is 4.47. The third-order valence-corrected chi connectivity index (χ3v) is 5.53. The molecule has 10 heteroatoms. The van der Waals surface area contributed by atoms with Crippen molar-refractivity contribution in [2.45, 2.75) is 30.3 Å². The largest absolute Gasteiger partial charge is 0.349 e. The van der Waals surface area contributed by atoms with E-state index in [4.69, 9.17) is 23.2 Å². The van der Waals surface area contributed by atoms with Crippen molar-refractivity contribution in [1.29, 1.82) is 0 Å². The molecule has 1 heterocycles. The fourth-order valence-corrected chi connectivity index (χ4v) is 3.88. The summed E-state index contributed by atoms with van der Waals surface area (Å²) in [7, 11) is 0. The molecule has 2 unspecified atom stereocenters. The van der Waals surface area contributed by atoms with Gasteiger partial charge in [0.15, 0.2) is 0 Å². The fraction of sp³-hybridized carbons (Fsp3) is 0.222. The van der Waals surface area contributed by atoms with Crippen LogP contribution in [0.25, 0.3) is 5.69 Å². The first kappa shape index (κ1) is 20.6. The Morgan fingerprint density at radius 3 is 2.71 bits per heavy atom. The van der Waals surface area contributed by atoms with E-state index >= 15 is 0 Å². The van der Waals surface area contributed by atoms with Crippen molar-refractivity contribution in [1.82, 2.24) is 25.5 Å². The smallest absolute Gasteiger partial charge is 0.233 e. The van der Waals surface area contributed by atoms with E-state index in [1.54, 1.807) is 37.3 Å². The molecular weight excluding hydrogens is 424 g/mol. The number of aromatic nitrogens is 4. The number of carbonyl (C=O) groups excluding carboxylic acids is 1. The van der Waals surface area contributed by atoms with Gasteiger partial charge in [-0.2, -0.15) is 4.68 Å². The van der Waals surface area contributed by atoms with Crippen molar-refractivity contribution in [2.75, 3.05) is 0 Å². The summed E-state index contributed by atoms with van der Waals surface area (Å²) in [4.78, 5) is 12.6. The van der Waals surface area contributed by atoms with E-state index in [0.29, 0.717) is 20.9 Å². The first-order valence-electron chi connectivity index (χ1n) is 8.31. The van der Waals surface area contributed by atoms with Crippen LogP contribution in [0.1, 0.15) is 25.5 Å². The summed E-state index contributed by atoms with van der Waals surface area (Å²) in [5.74, 6) is -0.610. The summed E-state index contributed by atoms with van der Waals surface area (Å²) in [6.45, 7) is 3.57. The van der Waals surface area contributed by atoms with Crippen molar-refractivity contribution in [3.63, 3.8) is 0 Å². The first-order valence-corrected chi connectivity index (χ1v) is 9.95. The highest BCUT2D eigenvalue weighted by molar-refractivity contribution is 8.00. The second-order valence-corrected chi connectivity index (χ2v) is 8.16. The topological polar surface area (TPSA) is 72.7 Å². The standard InChI is InChI=1S/C18H16Cl2FN5OS/c1-10(15-7-6-12(19)8-16(15)20)22-17(27)11(2)28-18-23-24-25-26(18)14-5-3-4-13(21)9-14/h3-11H,1-2H3,(H,22,27). The highest BCUT2D eigenvalue weighted by Gasteiger charge is 2.22. The number of amides is 1. The molecule has 0 bridgehead atoms. The fourth-order valence-electron chi connectivity index (χ4n) is 2.50. The summed E-state index contributed by atoms with van der Waals surface area (Å²) in [5.41, 5.74) is 1.24. The highest BCUT2D eigenvalue weighted by Crippen LogP contribution is 2.27. The van der Waals surface area contributed by atoms with Crippen LogP contribution in [0.2, 0.25) is 10.0 Å². The van der Waals surface area contributed by atoms with E-state index < -0.39 is 11.1 Å². The van der Waals surface area contributed by atoms with E-state index in [2.05, 4.69) is 20.8 Å². The minimum Gasteiger partial charge on any atom is -0.349 e. The summed E-state index contributed by atoms with van der Waals surface area (Å²) in [6, 6.07) is 10.7. The van der Waals surface area contributed by atoms with Gasteiger partial charge in [-0.1, -0.05) is 47.1 Å². The van der Waals surface area contributed by atoms with Crippen molar-refractivity contribution in [3.8, 4) is 5.69 Å². The lowest BCUT2D eigenvalue weighted by atomic mass is 10.1.